The molecule has 0 amide bonds. The maximum atomic E-state index is 6.15. The topological polar surface area (TPSA) is 42.2 Å². The molecule has 1 aliphatic carbocycles. The highest BCUT2D eigenvalue weighted by Gasteiger charge is 2.29. The first kappa shape index (κ1) is 13.4. The fourth-order valence-electron chi connectivity index (χ4n) is 2.77. The minimum atomic E-state index is 0.679. The molecule has 1 fully saturated rings. The number of aromatic nitrogens is 1. The number of pyridine rings is 1. The molecule has 2 N–H and O–H groups in total. The number of nitrogens with zero attached hydrogens (tertiary/aromatic N) is 2. The van der Waals surface area contributed by atoms with Crippen LogP contribution < -0.4 is 5.73 Å². The zero-order valence-corrected chi connectivity index (χ0v) is 12.3. The molecule has 0 saturated heterocycles. The molecule has 0 bridgehead atoms. The lowest BCUT2D eigenvalue weighted by Gasteiger charge is -2.24. The van der Waals surface area contributed by atoms with E-state index >= 15 is 0 Å². The van der Waals surface area contributed by atoms with Gasteiger partial charge >= 0.3 is 0 Å². The van der Waals surface area contributed by atoms with Crippen LogP contribution in [0.1, 0.15) is 32.3 Å². The lowest BCUT2D eigenvalue weighted by molar-refractivity contribution is 0.226. The van der Waals surface area contributed by atoms with Gasteiger partial charge < -0.3 is 5.73 Å². The van der Waals surface area contributed by atoms with Crippen molar-refractivity contribution in [3.63, 3.8) is 0 Å². The standard InChI is InChI=1S/C17H23N3/c1-12(2)10-20(15-7-8-15)11-14-9-13-5-3-4-6-16(13)19-17(14)18/h3-6,9,12,15H,7-8,10-11H2,1-2H3,(H2,18,19). The molecule has 3 heteroatoms. The molecule has 3 nitrogen and oxygen atoms in total. The number of fused-ring (bicyclic) bond motifs is 1. The number of rotatable bonds is 5. The van der Waals surface area contributed by atoms with Gasteiger partial charge in [0.1, 0.15) is 5.82 Å². The van der Waals surface area contributed by atoms with E-state index in [1.54, 1.807) is 0 Å². The Balaban J connectivity index is 1.86. The van der Waals surface area contributed by atoms with E-state index in [4.69, 9.17) is 5.73 Å². The van der Waals surface area contributed by atoms with Crippen molar-refractivity contribution in [1.82, 2.24) is 9.88 Å². The molecule has 3 rings (SSSR count). The molecule has 1 aliphatic rings. The van der Waals surface area contributed by atoms with E-state index in [9.17, 15) is 0 Å². The quantitative estimate of drug-likeness (QED) is 0.904. The highest BCUT2D eigenvalue weighted by Crippen LogP contribution is 2.30. The normalized spacial score (nSPS) is 15.4. The van der Waals surface area contributed by atoms with Gasteiger partial charge in [0.2, 0.25) is 0 Å². The molecule has 0 spiro atoms. The Morgan fingerprint density at radius 1 is 1.30 bits per heavy atom. The molecule has 1 aromatic heterocycles. The average Bonchev–Trinajstić information content (AvgIpc) is 3.22. The second-order valence-electron chi connectivity index (χ2n) is 6.28. The van der Waals surface area contributed by atoms with Gasteiger partial charge in [0.05, 0.1) is 5.52 Å². The van der Waals surface area contributed by atoms with Crippen molar-refractivity contribution in [2.24, 2.45) is 5.92 Å². The third kappa shape index (κ3) is 2.93. The van der Waals surface area contributed by atoms with Crippen LogP contribution in [0.3, 0.4) is 0 Å². The molecule has 2 aromatic rings. The monoisotopic (exact) mass is 269 g/mol. The molecule has 1 saturated carbocycles. The van der Waals surface area contributed by atoms with Crippen LogP contribution in [-0.2, 0) is 6.54 Å². The summed E-state index contributed by atoms with van der Waals surface area (Å²) in [5.74, 6) is 1.36. The van der Waals surface area contributed by atoms with Crippen LogP contribution in [-0.4, -0.2) is 22.5 Å². The van der Waals surface area contributed by atoms with Crippen LogP contribution in [0.25, 0.3) is 10.9 Å². The Kier molecular flexibility index (Phi) is 3.62. The summed E-state index contributed by atoms with van der Waals surface area (Å²) < 4.78 is 0. The van der Waals surface area contributed by atoms with Crippen LogP contribution in [0.2, 0.25) is 0 Å². The fraction of sp³-hybridized carbons (Fsp3) is 0.471. The second kappa shape index (κ2) is 5.41. The molecule has 1 aromatic carbocycles. The number of hydrogen-bond acceptors (Lipinski definition) is 3. The average molecular weight is 269 g/mol. The number of anilines is 1. The Morgan fingerprint density at radius 3 is 2.75 bits per heavy atom. The summed E-state index contributed by atoms with van der Waals surface area (Å²) in [4.78, 5) is 7.10. The predicted octanol–water partition coefficient (Wildman–Crippen LogP) is 3.44. The molecule has 1 heterocycles. The van der Waals surface area contributed by atoms with Crippen LogP contribution in [0.15, 0.2) is 30.3 Å². The van der Waals surface area contributed by atoms with Gasteiger partial charge in [0.15, 0.2) is 0 Å². The summed E-state index contributed by atoms with van der Waals surface area (Å²) in [6, 6.07) is 11.1. The Bertz CT molecular complexity index is 602. The summed E-state index contributed by atoms with van der Waals surface area (Å²) in [5.41, 5.74) is 8.29. The van der Waals surface area contributed by atoms with E-state index in [2.05, 4.69) is 41.9 Å². The van der Waals surface area contributed by atoms with Gasteiger partial charge in [-0.25, -0.2) is 4.98 Å². The highest BCUT2D eigenvalue weighted by molar-refractivity contribution is 5.81. The van der Waals surface area contributed by atoms with Crippen molar-refractivity contribution in [2.45, 2.75) is 39.3 Å². The fourth-order valence-corrected chi connectivity index (χ4v) is 2.77. The van der Waals surface area contributed by atoms with Crippen molar-refractivity contribution in [3.8, 4) is 0 Å². The van der Waals surface area contributed by atoms with Crippen molar-refractivity contribution in [1.29, 1.82) is 0 Å². The summed E-state index contributed by atoms with van der Waals surface area (Å²) >= 11 is 0. The van der Waals surface area contributed by atoms with Crippen molar-refractivity contribution in [2.75, 3.05) is 12.3 Å². The number of nitrogen functional groups attached to an aromatic ring is 1. The smallest absolute Gasteiger partial charge is 0.128 e. The SMILES string of the molecule is CC(C)CN(Cc1cc2ccccc2nc1N)C1CC1. The van der Waals surface area contributed by atoms with Gasteiger partial charge in [-0.1, -0.05) is 32.0 Å². The first-order valence-corrected chi connectivity index (χ1v) is 7.51. The third-order valence-electron chi connectivity index (χ3n) is 3.87. The summed E-state index contributed by atoms with van der Waals surface area (Å²) in [5, 5.41) is 1.18. The zero-order valence-electron chi connectivity index (χ0n) is 12.3. The zero-order chi connectivity index (χ0) is 14.1. The third-order valence-corrected chi connectivity index (χ3v) is 3.87. The first-order chi connectivity index (χ1) is 9.63. The summed E-state index contributed by atoms with van der Waals surface area (Å²) in [7, 11) is 0. The van der Waals surface area contributed by atoms with E-state index in [0.29, 0.717) is 11.7 Å². The number of hydrogen-bond donors (Lipinski definition) is 1. The highest BCUT2D eigenvalue weighted by atomic mass is 15.2. The molecule has 0 aliphatic heterocycles. The van der Waals surface area contributed by atoms with Crippen LogP contribution >= 0.6 is 0 Å². The van der Waals surface area contributed by atoms with Gasteiger partial charge in [0.25, 0.3) is 0 Å². The van der Waals surface area contributed by atoms with E-state index in [0.717, 1.165) is 30.2 Å². The van der Waals surface area contributed by atoms with E-state index < -0.39 is 0 Å². The van der Waals surface area contributed by atoms with Gasteiger partial charge in [-0.15, -0.1) is 0 Å². The molecule has 0 unspecified atom stereocenters. The number of benzene rings is 1. The van der Waals surface area contributed by atoms with E-state index in [1.165, 1.54) is 18.2 Å². The molecule has 20 heavy (non-hydrogen) atoms. The predicted molar refractivity (Wildman–Crippen MR) is 84.4 cm³/mol. The van der Waals surface area contributed by atoms with Gasteiger partial charge in [0, 0.05) is 30.1 Å². The van der Waals surface area contributed by atoms with Crippen LogP contribution in [0, 0.1) is 5.92 Å². The van der Waals surface area contributed by atoms with E-state index in [1.807, 2.05) is 12.1 Å². The van der Waals surface area contributed by atoms with Crippen LogP contribution in [0.4, 0.5) is 5.82 Å². The Morgan fingerprint density at radius 2 is 2.05 bits per heavy atom. The largest absolute Gasteiger partial charge is 0.383 e. The first-order valence-electron chi connectivity index (χ1n) is 7.51. The maximum Gasteiger partial charge on any atom is 0.128 e. The van der Waals surface area contributed by atoms with Gasteiger partial charge in [-0.05, 0) is 30.9 Å². The molecule has 0 atom stereocenters. The van der Waals surface area contributed by atoms with Crippen LogP contribution in [0.5, 0.6) is 0 Å². The number of para-hydroxylation sites is 1. The van der Waals surface area contributed by atoms with Gasteiger partial charge in [-0.3, -0.25) is 4.90 Å². The minimum Gasteiger partial charge on any atom is -0.383 e. The molecular formula is C17H23N3. The van der Waals surface area contributed by atoms with Crippen molar-refractivity contribution >= 4 is 16.7 Å². The Labute approximate surface area is 120 Å². The summed E-state index contributed by atoms with van der Waals surface area (Å²) in [6.07, 6.45) is 2.65. The molecule has 0 radical (unpaired) electrons. The summed E-state index contributed by atoms with van der Waals surface area (Å²) in [6.45, 7) is 6.61. The lowest BCUT2D eigenvalue weighted by Crippen LogP contribution is -2.29. The maximum absolute atomic E-state index is 6.15. The van der Waals surface area contributed by atoms with Gasteiger partial charge in [-0.2, -0.15) is 0 Å². The minimum absolute atomic E-state index is 0.679. The van der Waals surface area contributed by atoms with E-state index in [-0.39, 0.29) is 0 Å². The Hall–Kier alpha value is -1.61. The second-order valence-corrected chi connectivity index (χ2v) is 6.28. The number of nitrogens with two attached hydrogens (primary N) is 1. The lowest BCUT2D eigenvalue weighted by atomic mass is 10.1. The molecule has 106 valence electrons. The van der Waals surface area contributed by atoms with Crippen molar-refractivity contribution < 1.29 is 0 Å². The molecular weight excluding hydrogens is 246 g/mol. The van der Waals surface area contributed by atoms with Crippen molar-refractivity contribution in [3.05, 3.63) is 35.9 Å².